The summed E-state index contributed by atoms with van der Waals surface area (Å²) >= 11 is 1.97. The van der Waals surface area contributed by atoms with Gasteiger partial charge in [0.25, 0.3) is 0 Å². The molecular weight excluding hydrogens is 165 g/mol. The maximum Gasteiger partial charge on any atom is 0.301 e. The van der Waals surface area contributed by atoms with Crippen LogP contribution in [0.25, 0.3) is 0 Å². The van der Waals surface area contributed by atoms with Gasteiger partial charge in [0, 0.05) is 4.90 Å². The highest BCUT2D eigenvalue weighted by atomic mass is 32.2. The van der Waals surface area contributed by atoms with Gasteiger partial charge < -0.3 is 4.81 Å². The maximum absolute atomic E-state index is 2.28. The van der Waals surface area contributed by atoms with Crippen molar-refractivity contribution in [3.05, 3.63) is 29.8 Å². The molecule has 1 aliphatic heterocycles. The third kappa shape index (κ3) is 1.39. The Hall–Kier alpha value is -0.405. The quantitative estimate of drug-likeness (QED) is 0.603. The molecule has 2 rings (SSSR count). The van der Waals surface area contributed by atoms with Crippen LogP contribution in [-0.4, -0.2) is 25.0 Å². The minimum Gasteiger partial charge on any atom is -0.338 e. The molecule has 0 bridgehead atoms. The van der Waals surface area contributed by atoms with Gasteiger partial charge in [0.05, 0.1) is 0 Å². The maximum atomic E-state index is 2.28. The van der Waals surface area contributed by atoms with Crippen molar-refractivity contribution < 1.29 is 0 Å². The molecule has 0 aromatic heterocycles. The molecule has 3 heteroatoms. The Labute approximate surface area is 78.1 Å². The zero-order valence-corrected chi connectivity index (χ0v) is 8.27. The molecule has 1 aliphatic rings. The molecule has 12 heavy (non-hydrogen) atoms. The summed E-state index contributed by atoms with van der Waals surface area (Å²) in [4.78, 5) is 3.74. The fraction of sp³-hybridized carbons (Fsp3) is 0.333. The van der Waals surface area contributed by atoms with E-state index in [1.807, 2.05) is 11.6 Å². The third-order valence-corrected chi connectivity index (χ3v) is 3.72. The highest BCUT2D eigenvalue weighted by Gasteiger charge is 2.27. The van der Waals surface area contributed by atoms with Crippen molar-refractivity contribution in [2.24, 2.45) is 0 Å². The summed E-state index contributed by atoms with van der Waals surface area (Å²) in [5.41, 5.74) is 1.50. The van der Waals surface area contributed by atoms with Crippen molar-refractivity contribution in [2.45, 2.75) is 11.2 Å². The highest BCUT2D eigenvalue weighted by Crippen LogP contribution is 2.34. The van der Waals surface area contributed by atoms with E-state index in [0.29, 0.717) is 6.13 Å². The lowest BCUT2D eigenvalue weighted by Crippen LogP contribution is -2.29. The number of benzene rings is 1. The van der Waals surface area contributed by atoms with Crippen LogP contribution in [0.5, 0.6) is 0 Å². The van der Waals surface area contributed by atoms with E-state index in [2.05, 4.69) is 43.2 Å². The average Bonchev–Trinajstić information content (AvgIpc) is 2.46. The Bertz CT molecular complexity index is 263. The minimum atomic E-state index is 0.641. The van der Waals surface area contributed by atoms with Crippen LogP contribution in [-0.2, 0) is 6.32 Å². The van der Waals surface area contributed by atoms with Gasteiger partial charge in [-0.3, -0.25) is 0 Å². The van der Waals surface area contributed by atoms with E-state index in [-0.39, 0.29) is 0 Å². The molecule has 1 aromatic rings. The Morgan fingerprint density at radius 2 is 2.08 bits per heavy atom. The average molecular weight is 177 g/mol. The standard InChI is InChI=1S/C9H12BNS/c1-11(2)10-7-8-5-3-4-6-9(8)12-10/h3-6H,7H2,1-2H3. The predicted molar refractivity (Wildman–Crippen MR) is 55.4 cm³/mol. The van der Waals surface area contributed by atoms with Crippen LogP contribution in [0.4, 0.5) is 0 Å². The molecule has 0 spiro atoms. The molecule has 0 fully saturated rings. The fourth-order valence-electron chi connectivity index (χ4n) is 1.45. The van der Waals surface area contributed by atoms with E-state index in [4.69, 9.17) is 0 Å². The van der Waals surface area contributed by atoms with Crippen molar-refractivity contribution in [1.82, 2.24) is 4.81 Å². The van der Waals surface area contributed by atoms with Crippen molar-refractivity contribution >= 4 is 17.7 Å². The second-order valence-corrected chi connectivity index (χ2v) is 4.57. The Morgan fingerprint density at radius 3 is 2.75 bits per heavy atom. The van der Waals surface area contributed by atoms with Crippen molar-refractivity contribution in [1.29, 1.82) is 0 Å². The van der Waals surface area contributed by atoms with Crippen molar-refractivity contribution in [3.8, 4) is 0 Å². The lowest BCUT2D eigenvalue weighted by Gasteiger charge is -2.12. The summed E-state index contributed by atoms with van der Waals surface area (Å²) in [5, 5.41) is 0. The molecule has 0 radical (unpaired) electrons. The van der Waals surface area contributed by atoms with Crippen LogP contribution < -0.4 is 0 Å². The first-order valence-electron chi connectivity index (χ1n) is 4.18. The number of fused-ring (bicyclic) bond motifs is 1. The van der Waals surface area contributed by atoms with Crippen LogP contribution in [0.15, 0.2) is 29.2 Å². The summed E-state index contributed by atoms with van der Waals surface area (Å²) in [6.45, 7) is 0. The van der Waals surface area contributed by atoms with Crippen LogP contribution in [0, 0.1) is 0 Å². The van der Waals surface area contributed by atoms with Crippen LogP contribution in [0.3, 0.4) is 0 Å². The minimum absolute atomic E-state index is 0.641. The largest absolute Gasteiger partial charge is 0.338 e. The molecule has 0 amide bonds. The number of rotatable bonds is 1. The molecule has 0 N–H and O–H groups in total. The summed E-state index contributed by atoms with van der Waals surface area (Å²) in [6, 6.07) is 8.68. The monoisotopic (exact) mass is 177 g/mol. The van der Waals surface area contributed by atoms with E-state index < -0.39 is 0 Å². The lowest BCUT2D eigenvalue weighted by atomic mass is 9.82. The summed E-state index contributed by atoms with van der Waals surface area (Å²) < 4.78 is 0. The first kappa shape index (κ1) is 8.20. The molecule has 1 heterocycles. The zero-order valence-electron chi connectivity index (χ0n) is 7.45. The summed E-state index contributed by atoms with van der Waals surface area (Å²) in [7, 11) is 4.28. The topological polar surface area (TPSA) is 3.24 Å². The molecule has 0 aliphatic carbocycles. The van der Waals surface area contributed by atoms with Crippen molar-refractivity contribution in [3.63, 3.8) is 0 Å². The third-order valence-electron chi connectivity index (χ3n) is 2.21. The Morgan fingerprint density at radius 1 is 1.33 bits per heavy atom. The molecule has 62 valence electrons. The van der Waals surface area contributed by atoms with Gasteiger partial charge in [0.15, 0.2) is 0 Å². The summed E-state index contributed by atoms with van der Waals surface area (Å²) in [5.74, 6) is 0. The van der Waals surface area contributed by atoms with Gasteiger partial charge in [-0.2, -0.15) is 11.6 Å². The van der Waals surface area contributed by atoms with Crippen LogP contribution in [0.1, 0.15) is 5.56 Å². The lowest BCUT2D eigenvalue weighted by molar-refractivity contribution is 0.653. The van der Waals surface area contributed by atoms with E-state index in [1.165, 1.54) is 16.8 Å². The Balaban J connectivity index is 2.22. The zero-order chi connectivity index (χ0) is 8.55. The first-order chi connectivity index (χ1) is 5.77. The fourth-order valence-corrected chi connectivity index (χ4v) is 2.68. The molecule has 1 nitrogen and oxygen atoms in total. The van der Waals surface area contributed by atoms with Gasteiger partial charge in [-0.25, -0.2) is 0 Å². The second-order valence-electron chi connectivity index (χ2n) is 3.35. The van der Waals surface area contributed by atoms with Crippen LogP contribution >= 0.6 is 11.6 Å². The normalized spacial score (nSPS) is 15.4. The van der Waals surface area contributed by atoms with Gasteiger partial charge >= 0.3 is 6.13 Å². The molecule has 0 atom stereocenters. The highest BCUT2D eigenvalue weighted by molar-refractivity contribution is 8.25. The van der Waals surface area contributed by atoms with Gasteiger partial charge in [0.1, 0.15) is 0 Å². The number of nitrogens with zero attached hydrogens (tertiary/aromatic N) is 1. The van der Waals surface area contributed by atoms with Crippen LogP contribution in [0.2, 0.25) is 0 Å². The molecule has 0 saturated carbocycles. The Kier molecular flexibility index (Phi) is 2.15. The predicted octanol–water partition coefficient (Wildman–Crippen LogP) is 1.92. The van der Waals surface area contributed by atoms with E-state index >= 15 is 0 Å². The molecule has 0 unspecified atom stereocenters. The second kappa shape index (κ2) is 3.15. The van der Waals surface area contributed by atoms with Gasteiger partial charge in [-0.05, 0) is 32.0 Å². The van der Waals surface area contributed by atoms with E-state index in [1.54, 1.807) is 0 Å². The van der Waals surface area contributed by atoms with Crippen molar-refractivity contribution in [2.75, 3.05) is 14.1 Å². The summed E-state index contributed by atoms with van der Waals surface area (Å²) in [6.07, 6.45) is 1.83. The number of hydrogen-bond acceptors (Lipinski definition) is 2. The molecular formula is C9H12BNS. The number of hydrogen-bond donors (Lipinski definition) is 0. The molecule has 0 saturated heterocycles. The van der Waals surface area contributed by atoms with Gasteiger partial charge in [-0.1, -0.05) is 18.2 Å². The first-order valence-corrected chi connectivity index (χ1v) is 5.06. The smallest absolute Gasteiger partial charge is 0.301 e. The molecule has 1 aromatic carbocycles. The van der Waals surface area contributed by atoms with E-state index in [9.17, 15) is 0 Å². The van der Waals surface area contributed by atoms with Gasteiger partial charge in [-0.15, -0.1) is 0 Å². The van der Waals surface area contributed by atoms with Gasteiger partial charge in [0.2, 0.25) is 0 Å². The SMILES string of the molecule is CN(C)B1Cc2ccccc2S1. The van der Waals surface area contributed by atoms with E-state index in [0.717, 1.165) is 0 Å².